The van der Waals surface area contributed by atoms with Gasteiger partial charge in [-0.3, -0.25) is 9.78 Å². The standard InChI is InChI=1S/C16H14Cl2N2O5/c1-16(15(22)23,11-5-3-4-8-19-11)25-20-14(21)12-9(17)6-7-10(18)13(12)24-2/h3-8H,1-2H3,(H,20,21)(H,22,23). The van der Waals surface area contributed by atoms with Crippen LogP contribution in [0.2, 0.25) is 10.0 Å². The molecule has 0 bridgehead atoms. The predicted molar refractivity (Wildman–Crippen MR) is 90.8 cm³/mol. The van der Waals surface area contributed by atoms with Crippen LogP contribution in [0.1, 0.15) is 23.0 Å². The van der Waals surface area contributed by atoms with Crippen LogP contribution in [-0.2, 0) is 15.2 Å². The number of methoxy groups -OCH3 is 1. The van der Waals surface area contributed by atoms with E-state index in [-0.39, 0.29) is 27.1 Å². The molecule has 2 rings (SSSR count). The number of hydroxylamine groups is 1. The summed E-state index contributed by atoms with van der Waals surface area (Å²) in [7, 11) is 1.32. The van der Waals surface area contributed by atoms with Gasteiger partial charge in [0.15, 0.2) is 5.75 Å². The van der Waals surface area contributed by atoms with Crippen molar-refractivity contribution >= 4 is 35.1 Å². The van der Waals surface area contributed by atoms with Crippen molar-refractivity contribution in [1.82, 2.24) is 10.5 Å². The van der Waals surface area contributed by atoms with Crippen LogP contribution in [0.4, 0.5) is 0 Å². The molecule has 1 unspecified atom stereocenters. The monoisotopic (exact) mass is 384 g/mol. The van der Waals surface area contributed by atoms with Crippen LogP contribution in [0, 0.1) is 0 Å². The molecular formula is C16H14Cl2N2O5. The second-order valence-electron chi connectivity index (χ2n) is 5.02. The van der Waals surface area contributed by atoms with Gasteiger partial charge in [0, 0.05) is 6.20 Å². The van der Waals surface area contributed by atoms with E-state index in [4.69, 9.17) is 32.8 Å². The molecule has 0 saturated heterocycles. The van der Waals surface area contributed by atoms with Gasteiger partial charge in [-0.05, 0) is 31.2 Å². The molecule has 1 aromatic heterocycles. The topological polar surface area (TPSA) is 97.8 Å². The van der Waals surface area contributed by atoms with E-state index < -0.39 is 17.5 Å². The van der Waals surface area contributed by atoms with E-state index in [0.717, 1.165) is 0 Å². The average molecular weight is 385 g/mol. The number of ether oxygens (including phenoxy) is 1. The lowest BCUT2D eigenvalue weighted by molar-refractivity contribution is -0.173. The zero-order valence-electron chi connectivity index (χ0n) is 13.2. The van der Waals surface area contributed by atoms with Crippen molar-refractivity contribution in [3.8, 4) is 5.75 Å². The summed E-state index contributed by atoms with van der Waals surface area (Å²) in [6.07, 6.45) is 1.42. The van der Waals surface area contributed by atoms with Crippen LogP contribution in [0.5, 0.6) is 5.75 Å². The van der Waals surface area contributed by atoms with Crippen molar-refractivity contribution in [3.05, 3.63) is 57.8 Å². The smallest absolute Gasteiger partial charge is 0.344 e. The molecule has 25 heavy (non-hydrogen) atoms. The largest absolute Gasteiger partial charge is 0.494 e. The Morgan fingerprint density at radius 3 is 2.44 bits per heavy atom. The summed E-state index contributed by atoms with van der Waals surface area (Å²) in [5, 5.41) is 9.72. The zero-order chi connectivity index (χ0) is 18.6. The molecule has 1 aromatic carbocycles. The highest BCUT2D eigenvalue weighted by Gasteiger charge is 2.40. The van der Waals surface area contributed by atoms with Crippen molar-refractivity contribution in [2.75, 3.05) is 7.11 Å². The molecule has 0 radical (unpaired) electrons. The molecule has 7 nitrogen and oxygen atoms in total. The summed E-state index contributed by atoms with van der Waals surface area (Å²) in [5.41, 5.74) is 0.197. The first-order chi connectivity index (χ1) is 11.8. The van der Waals surface area contributed by atoms with E-state index in [0.29, 0.717) is 0 Å². The Kier molecular flexibility index (Phi) is 5.84. The number of aliphatic carboxylic acids is 1. The van der Waals surface area contributed by atoms with Crippen LogP contribution < -0.4 is 10.2 Å². The number of amides is 1. The van der Waals surface area contributed by atoms with Crippen LogP contribution in [0.25, 0.3) is 0 Å². The lowest BCUT2D eigenvalue weighted by atomic mass is 10.0. The Morgan fingerprint density at radius 2 is 1.88 bits per heavy atom. The van der Waals surface area contributed by atoms with Gasteiger partial charge >= 0.3 is 5.97 Å². The van der Waals surface area contributed by atoms with Gasteiger partial charge in [-0.15, -0.1) is 0 Å². The summed E-state index contributed by atoms with van der Waals surface area (Å²) in [5.74, 6) is -2.10. The normalized spacial score (nSPS) is 13.0. The Labute approximate surface area is 153 Å². The number of carboxylic acid groups (broad SMARTS) is 1. The molecule has 2 N–H and O–H groups in total. The van der Waals surface area contributed by atoms with Crippen molar-refractivity contribution in [2.24, 2.45) is 0 Å². The first kappa shape index (κ1) is 19.0. The third-order valence-corrected chi connectivity index (χ3v) is 4.01. The number of hydrogen-bond donors (Lipinski definition) is 2. The van der Waals surface area contributed by atoms with E-state index in [1.165, 1.54) is 38.4 Å². The molecule has 1 heterocycles. The highest BCUT2D eigenvalue weighted by atomic mass is 35.5. The van der Waals surface area contributed by atoms with Crippen LogP contribution >= 0.6 is 23.2 Å². The SMILES string of the molecule is COc1c(Cl)ccc(Cl)c1C(=O)NOC(C)(C(=O)O)c1ccccn1. The fourth-order valence-corrected chi connectivity index (χ4v) is 2.46. The molecule has 0 saturated carbocycles. The Morgan fingerprint density at radius 1 is 1.20 bits per heavy atom. The molecule has 0 aliphatic heterocycles. The molecule has 9 heteroatoms. The van der Waals surface area contributed by atoms with Gasteiger partial charge in [-0.2, -0.15) is 0 Å². The van der Waals surface area contributed by atoms with E-state index in [1.54, 1.807) is 12.1 Å². The van der Waals surface area contributed by atoms with E-state index in [1.807, 2.05) is 0 Å². The molecule has 0 aliphatic rings. The maximum atomic E-state index is 12.4. The van der Waals surface area contributed by atoms with Gasteiger partial charge in [-0.1, -0.05) is 29.3 Å². The number of aromatic nitrogens is 1. The summed E-state index contributed by atoms with van der Waals surface area (Å²) in [6.45, 7) is 1.26. The number of carbonyl (C=O) groups is 2. The molecule has 1 amide bonds. The number of pyridine rings is 1. The van der Waals surface area contributed by atoms with Crippen molar-refractivity contribution in [1.29, 1.82) is 0 Å². The Hall–Kier alpha value is -2.35. The molecule has 0 spiro atoms. The number of hydrogen-bond acceptors (Lipinski definition) is 5. The molecular weight excluding hydrogens is 371 g/mol. The van der Waals surface area contributed by atoms with Gasteiger partial charge in [0.2, 0.25) is 5.60 Å². The van der Waals surface area contributed by atoms with Gasteiger partial charge in [-0.25, -0.2) is 15.1 Å². The van der Waals surface area contributed by atoms with Gasteiger partial charge in [0.05, 0.1) is 22.8 Å². The van der Waals surface area contributed by atoms with Crippen LogP contribution in [0.15, 0.2) is 36.5 Å². The second-order valence-corrected chi connectivity index (χ2v) is 5.84. The number of benzene rings is 1. The van der Waals surface area contributed by atoms with E-state index in [9.17, 15) is 14.7 Å². The van der Waals surface area contributed by atoms with Gasteiger partial charge in [0.1, 0.15) is 5.56 Å². The lowest BCUT2D eigenvalue weighted by Gasteiger charge is -2.24. The number of carbonyl (C=O) groups excluding carboxylic acids is 1. The molecule has 1 atom stereocenters. The quantitative estimate of drug-likeness (QED) is 0.742. The fourth-order valence-electron chi connectivity index (χ4n) is 1.99. The van der Waals surface area contributed by atoms with Crippen molar-refractivity contribution in [3.63, 3.8) is 0 Å². The van der Waals surface area contributed by atoms with Gasteiger partial charge < -0.3 is 9.84 Å². The van der Waals surface area contributed by atoms with Crippen molar-refractivity contribution in [2.45, 2.75) is 12.5 Å². The average Bonchev–Trinajstić information content (AvgIpc) is 2.61. The maximum Gasteiger partial charge on any atom is 0.344 e. The zero-order valence-corrected chi connectivity index (χ0v) is 14.8. The molecule has 132 valence electrons. The third kappa shape index (κ3) is 3.84. The van der Waals surface area contributed by atoms with Gasteiger partial charge in [0.25, 0.3) is 5.91 Å². The summed E-state index contributed by atoms with van der Waals surface area (Å²) in [4.78, 5) is 33.2. The second kappa shape index (κ2) is 7.69. The minimum Gasteiger partial charge on any atom is -0.494 e. The molecule has 0 aliphatic carbocycles. The summed E-state index contributed by atoms with van der Waals surface area (Å²) >= 11 is 12.0. The van der Waals surface area contributed by atoms with Crippen LogP contribution in [-0.4, -0.2) is 29.1 Å². The minimum atomic E-state index is -1.91. The number of carboxylic acids is 1. The first-order valence-electron chi connectivity index (χ1n) is 6.96. The predicted octanol–water partition coefficient (Wildman–Crippen LogP) is 3.06. The molecule has 2 aromatic rings. The van der Waals surface area contributed by atoms with E-state index >= 15 is 0 Å². The van der Waals surface area contributed by atoms with Crippen molar-refractivity contribution < 1.29 is 24.3 Å². The Balaban J connectivity index is 2.30. The maximum absolute atomic E-state index is 12.4. The molecule has 0 fully saturated rings. The highest BCUT2D eigenvalue weighted by Crippen LogP contribution is 2.34. The first-order valence-corrected chi connectivity index (χ1v) is 7.72. The Bertz CT molecular complexity index is 801. The summed E-state index contributed by atoms with van der Waals surface area (Å²) in [6, 6.07) is 7.58. The highest BCUT2D eigenvalue weighted by molar-refractivity contribution is 6.37. The van der Waals surface area contributed by atoms with E-state index in [2.05, 4.69) is 10.5 Å². The number of nitrogens with one attached hydrogen (secondary N) is 1. The summed E-state index contributed by atoms with van der Waals surface area (Å²) < 4.78 is 5.08. The third-order valence-electron chi connectivity index (χ3n) is 3.40. The minimum absolute atomic E-state index is 0.0464. The number of nitrogens with zero attached hydrogens (tertiary/aromatic N) is 1. The number of halogens is 2. The lowest BCUT2D eigenvalue weighted by Crippen LogP contribution is -2.43. The fraction of sp³-hybridized carbons (Fsp3) is 0.188. The van der Waals surface area contributed by atoms with Crippen LogP contribution in [0.3, 0.4) is 0 Å². The number of rotatable bonds is 6.